The molecule has 2 aromatic carbocycles. The van der Waals surface area contributed by atoms with E-state index >= 15 is 0 Å². The van der Waals surface area contributed by atoms with Gasteiger partial charge in [-0.25, -0.2) is 0 Å². The molecule has 0 saturated carbocycles. The Hall–Kier alpha value is -3.42. The third-order valence-corrected chi connectivity index (χ3v) is 6.16. The Morgan fingerprint density at radius 1 is 1.00 bits per heavy atom. The maximum atomic E-state index is 14.2. The van der Waals surface area contributed by atoms with Crippen LogP contribution in [0.4, 0.5) is 35.9 Å². The number of hydrogen-bond donors (Lipinski definition) is 0. The SMILES string of the molecule is C=C1N(C)c2ccc(N(CCC)c3cc(C(F)(F)F)c(-c4cnn(C)c4)cc3C)cc2N1C.CC. The summed E-state index contributed by atoms with van der Waals surface area (Å²) in [6.07, 6.45) is -0.644. The fourth-order valence-electron chi connectivity index (χ4n) is 4.37. The van der Waals surface area contributed by atoms with Crippen LogP contribution in [0.3, 0.4) is 0 Å². The molecule has 5 nitrogen and oxygen atoms in total. The standard InChI is InChI=1S/C25H28F3N5.C2H6/c1-7-10-33(19-8-9-22-24(12-19)32(6)17(3)31(22)5)23-13-21(25(26,27)28)20(11-16(23)2)18-14-29-30(4)15-18;1-2/h8-9,11-15H,3,7,10H2,1-2,4-6H3;1-2H3. The fourth-order valence-corrected chi connectivity index (χ4v) is 4.37. The average Bonchev–Trinajstić information content (AvgIpc) is 3.35. The van der Waals surface area contributed by atoms with E-state index in [1.54, 1.807) is 19.3 Å². The Morgan fingerprint density at radius 2 is 1.66 bits per heavy atom. The van der Waals surface area contributed by atoms with Crippen molar-refractivity contribution < 1.29 is 13.2 Å². The van der Waals surface area contributed by atoms with Crippen LogP contribution in [0.2, 0.25) is 0 Å². The van der Waals surface area contributed by atoms with Crippen LogP contribution in [-0.4, -0.2) is 30.4 Å². The topological polar surface area (TPSA) is 27.5 Å². The average molecular weight is 486 g/mol. The van der Waals surface area contributed by atoms with Gasteiger partial charge in [-0.2, -0.15) is 18.3 Å². The van der Waals surface area contributed by atoms with Crippen molar-refractivity contribution in [3.05, 3.63) is 66.3 Å². The third-order valence-electron chi connectivity index (χ3n) is 6.16. The number of aromatic nitrogens is 2. The van der Waals surface area contributed by atoms with Crippen molar-refractivity contribution in [2.45, 2.75) is 40.3 Å². The molecule has 0 atom stereocenters. The highest BCUT2D eigenvalue weighted by atomic mass is 19.4. The van der Waals surface area contributed by atoms with Crippen molar-refractivity contribution in [1.82, 2.24) is 9.78 Å². The van der Waals surface area contributed by atoms with Crippen LogP contribution in [-0.2, 0) is 13.2 Å². The van der Waals surface area contributed by atoms with Gasteiger partial charge >= 0.3 is 6.18 Å². The first kappa shape index (κ1) is 26.2. The van der Waals surface area contributed by atoms with Gasteiger partial charge in [0, 0.05) is 50.8 Å². The van der Waals surface area contributed by atoms with Crippen LogP contribution in [0.15, 0.2) is 55.1 Å². The van der Waals surface area contributed by atoms with E-state index in [1.165, 1.54) is 16.9 Å². The van der Waals surface area contributed by atoms with Crippen molar-refractivity contribution in [3.63, 3.8) is 0 Å². The Kier molecular flexibility index (Phi) is 7.53. The van der Waals surface area contributed by atoms with E-state index in [1.807, 2.05) is 74.7 Å². The molecule has 35 heavy (non-hydrogen) atoms. The van der Waals surface area contributed by atoms with E-state index < -0.39 is 11.7 Å². The number of anilines is 4. The number of halogens is 3. The predicted molar refractivity (Wildman–Crippen MR) is 139 cm³/mol. The second-order valence-corrected chi connectivity index (χ2v) is 8.44. The minimum absolute atomic E-state index is 0.139. The molecule has 1 aromatic heterocycles. The normalized spacial score (nSPS) is 13.0. The molecule has 4 rings (SSSR count). The molecule has 1 aliphatic rings. The zero-order chi connectivity index (χ0) is 26.1. The van der Waals surface area contributed by atoms with E-state index in [-0.39, 0.29) is 5.56 Å². The second kappa shape index (κ2) is 10.1. The number of alkyl halides is 3. The molecule has 0 saturated heterocycles. The number of aryl methyl sites for hydroxylation is 2. The molecule has 0 N–H and O–H groups in total. The van der Waals surface area contributed by atoms with Gasteiger partial charge in [0.05, 0.1) is 23.1 Å². The number of benzene rings is 2. The molecular formula is C27H34F3N5. The highest BCUT2D eigenvalue weighted by molar-refractivity contribution is 5.86. The molecule has 0 aliphatic carbocycles. The summed E-state index contributed by atoms with van der Waals surface area (Å²) in [4.78, 5) is 5.95. The van der Waals surface area contributed by atoms with Crippen molar-refractivity contribution in [3.8, 4) is 11.1 Å². The summed E-state index contributed by atoms with van der Waals surface area (Å²) in [6, 6.07) is 8.86. The largest absolute Gasteiger partial charge is 0.417 e. The predicted octanol–water partition coefficient (Wildman–Crippen LogP) is 7.35. The number of hydrogen-bond acceptors (Lipinski definition) is 4. The van der Waals surface area contributed by atoms with Gasteiger partial charge in [-0.05, 0) is 54.8 Å². The molecule has 0 amide bonds. The molecule has 3 aromatic rings. The Bertz CT molecular complexity index is 1210. The van der Waals surface area contributed by atoms with E-state index in [0.717, 1.165) is 34.9 Å². The van der Waals surface area contributed by atoms with Gasteiger partial charge in [-0.15, -0.1) is 0 Å². The van der Waals surface area contributed by atoms with Crippen LogP contribution in [0.5, 0.6) is 0 Å². The highest BCUT2D eigenvalue weighted by Gasteiger charge is 2.35. The van der Waals surface area contributed by atoms with Gasteiger partial charge in [0.1, 0.15) is 5.82 Å². The molecule has 8 heteroatoms. The summed E-state index contributed by atoms with van der Waals surface area (Å²) in [5.41, 5.74) is 4.07. The first-order chi connectivity index (χ1) is 16.5. The lowest BCUT2D eigenvalue weighted by molar-refractivity contribution is -0.137. The van der Waals surface area contributed by atoms with Crippen LogP contribution in [0.1, 0.15) is 38.3 Å². The third kappa shape index (κ3) is 4.88. The summed E-state index contributed by atoms with van der Waals surface area (Å²) < 4.78 is 44.0. The van der Waals surface area contributed by atoms with E-state index in [0.29, 0.717) is 17.8 Å². The van der Waals surface area contributed by atoms with Crippen LogP contribution < -0.4 is 14.7 Å². The highest BCUT2D eigenvalue weighted by Crippen LogP contribution is 2.45. The molecule has 188 valence electrons. The lowest BCUT2D eigenvalue weighted by atomic mass is 9.97. The first-order valence-corrected chi connectivity index (χ1v) is 11.8. The molecule has 0 unspecified atom stereocenters. The summed E-state index contributed by atoms with van der Waals surface area (Å²) in [5, 5.41) is 4.06. The number of nitrogens with zero attached hydrogens (tertiary/aromatic N) is 5. The van der Waals surface area contributed by atoms with Crippen LogP contribution in [0, 0.1) is 6.92 Å². The van der Waals surface area contributed by atoms with Gasteiger partial charge in [0.15, 0.2) is 0 Å². The Balaban J connectivity index is 0.00000167. The zero-order valence-corrected chi connectivity index (χ0v) is 21.5. The fraction of sp³-hybridized carbons (Fsp3) is 0.370. The van der Waals surface area contributed by atoms with Gasteiger partial charge in [-0.1, -0.05) is 27.4 Å². The van der Waals surface area contributed by atoms with Crippen LogP contribution in [0.25, 0.3) is 11.1 Å². The minimum Gasteiger partial charge on any atom is -0.341 e. The van der Waals surface area contributed by atoms with E-state index in [2.05, 4.69) is 11.7 Å². The second-order valence-electron chi connectivity index (χ2n) is 8.44. The van der Waals surface area contributed by atoms with Crippen LogP contribution >= 0.6 is 0 Å². The quantitative estimate of drug-likeness (QED) is 0.378. The van der Waals surface area contributed by atoms with Crippen molar-refractivity contribution in [2.75, 3.05) is 35.3 Å². The molecule has 2 heterocycles. The first-order valence-electron chi connectivity index (χ1n) is 11.8. The van der Waals surface area contributed by atoms with Gasteiger partial charge in [-0.3, -0.25) is 4.68 Å². The molecule has 0 fully saturated rings. The van der Waals surface area contributed by atoms with Crippen molar-refractivity contribution >= 4 is 22.7 Å². The summed E-state index contributed by atoms with van der Waals surface area (Å²) in [6.45, 7) is 12.6. The maximum absolute atomic E-state index is 14.2. The molecule has 0 bridgehead atoms. The monoisotopic (exact) mass is 485 g/mol. The lowest BCUT2D eigenvalue weighted by Gasteiger charge is -2.29. The van der Waals surface area contributed by atoms with E-state index in [4.69, 9.17) is 0 Å². The van der Waals surface area contributed by atoms with Gasteiger partial charge < -0.3 is 14.7 Å². The molecular weight excluding hydrogens is 451 g/mol. The molecule has 0 radical (unpaired) electrons. The van der Waals surface area contributed by atoms with Gasteiger partial charge in [0.2, 0.25) is 0 Å². The smallest absolute Gasteiger partial charge is 0.341 e. The Labute approximate surface area is 206 Å². The van der Waals surface area contributed by atoms with E-state index in [9.17, 15) is 13.2 Å². The molecule has 1 aliphatic heterocycles. The zero-order valence-electron chi connectivity index (χ0n) is 21.5. The summed E-state index contributed by atoms with van der Waals surface area (Å²) >= 11 is 0. The van der Waals surface area contributed by atoms with Crippen molar-refractivity contribution in [2.24, 2.45) is 7.05 Å². The Morgan fingerprint density at radius 3 is 2.23 bits per heavy atom. The maximum Gasteiger partial charge on any atom is 0.417 e. The van der Waals surface area contributed by atoms with Gasteiger partial charge in [0.25, 0.3) is 0 Å². The summed E-state index contributed by atoms with van der Waals surface area (Å²) in [7, 11) is 5.58. The number of rotatable bonds is 5. The minimum atomic E-state index is -4.50. The summed E-state index contributed by atoms with van der Waals surface area (Å²) in [5.74, 6) is 0.848. The van der Waals surface area contributed by atoms with Crippen molar-refractivity contribution in [1.29, 1.82) is 0 Å². The number of fused-ring (bicyclic) bond motifs is 1. The lowest BCUT2D eigenvalue weighted by Crippen LogP contribution is -2.21. The molecule has 0 spiro atoms.